The first-order valence-corrected chi connectivity index (χ1v) is 5.38. The predicted molar refractivity (Wildman–Crippen MR) is 65.1 cm³/mol. The number of hydrogen-bond donors (Lipinski definition) is 0. The van der Waals surface area contributed by atoms with E-state index >= 15 is 0 Å². The van der Waals surface area contributed by atoms with Gasteiger partial charge in [0.1, 0.15) is 0 Å². The van der Waals surface area contributed by atoms with E-state index in [-0.39, 0.29) is 5.97 Å². The van der Waals surface area contributed by atoms with Crippen molar-refractivity contribution in [3.05, 3.63) is 59.4 Å². The summed E-state index contributed by atoms with van der Waals surface area (Å²) in [4.78, 5) is 16.0. The highest BCUT2D eigenvalue weighted by atomic mass is 16.5. The van der Waals surface area contributed by atoms with E-state index in [9.17, 15) is 4.79 Å². The topological polar surface area (TPSA) is 39.2 Å². The first-order chi connectivity index (χ1) is 8.16. The third-order valence-electron chi connectivity index (χ3n) is 2.39. The molecule has 0 saturated carbocycles. The number of hydrogen-bond acceptors (Lipinski definition) is 3. The Morgan fingerprint density at radius 2 is 1.76 bits per heavy atom. The molecule has 0 radical (unpaired) electrons. The van der Waals surface area contributed by atoms with E-state index in [4.69, 9.17) is 4.74 Å². The van der Waals surface area contributed by atoms with Gasteiger partial charge in [0.15, 0.2) is 5.75 Å². The third kappa shape index (κ3) is 2.69. The van der Waals surface area contributed by atoms with Crippen molar-refractivity contribution in [2.24, 2.45) is 0 Å². The van der Waals surface area contributed by atoms with Crippen LogP contribution in [0.3, 0.4) is 0 Å². The van der Waals surface area contributed by atoms with Crippen LogP contribution in [0.4, 0.5) is 0 Å². The van der Waals surface area contributed by atoms with E-state index < -0.39 is 0 Å². The smallest absolute Gasteiger partial charge is 0.343 e. The van der Waals surface area contributed by atoms with Crippen LogP contribution in [0.1, 0.15) is 21.7 Å². The molecule has 86 valence electrons. The first-order valence-electron chi connectivity index (χ1n) is 5.38. The molecule has 0 fully saturated rings. The molecule has 0 spiro atoms. The normalized spacial score (nSPS) is 10.0. The van der Waals surface area contributed by atoms with Crippen LogP contribution in [0.5, 0.6) is 5.75 Å². The van der Waals surface area contributed by atoms with Crippen molar-refractivity contribution in [1.29, 1.82) is 0 Å². The van der Waals surface area contributed by atoms with Crippen LogP contribution in [0.2, 0.25) is 0 Å². The molecule has 0 aliphatic carbocycles. The fraction of sp³-hybridized carbons (Fsp3) is 0.143. The average molecular weight is 227 g/mol. The summed E-state index contributed by atoms with van der Waals surface area (Å²) >= 11 is 0. The second-order valence-corrected chi connectivity index (χ2v) is 3.79. The molecule has 2 rings (SSSR count). The maximum absolute atomic E-state index is 11.8. The Bertz CT molecular complexity index is 535. The Morgan fingerprint density at radius 3 is 2.41 bits per heavy atom. The SMILES string of the molecule is Cc1ccc(OC(=O)c2ccccc2)c(C)n1. The van der Waals surface area contributed by atoms with Crippen molar-refractivity contribution in [2.75, 3.05) is 0 Å². The van der Waals surface area contributed by atoms with Crippen molar-refractivity contribution in [1.82, 2.24) is 4.98 Å². The number of benzene rings is 1. The summed E-state index contributed by atoms with van der Waals surface area (Å²) in [6.07, 6.45) is 0. The van der Waals surface area contributed by atoms with Gasteiger partial charge in [-0.1, -0.05) is 18.2 Å². The van der Waals surface area contributed by atoms with Crippen LogP contribution < -0.4 is 4.74 Å². The molecule has 2 aromatic rings. The van der Waals surface area contributed by atoms with Crippen molar-refractivity contribution in [3.63, 3.8) is 0 Å². The molecule has 3 heteroatoms. The Hall–Kier alpha value is -2.16. The van der Waals surface area contributed by atoms with Crippen molar-refractivity contribution < 1.29 is 9.53 Å². The number of esters is 1. The number of carbonyl (C=O) groups is 1. The highest BCUT2D eigenvalue weighted by molar-refractivity contribution is 5.91. The molecule has 0 bridgehead atoms. The van der Waals surface area contributed by atoms with Gasteiger partial charge in [-0.05, 0) is 38.1 Å². The van der Waals surface area contributed by atoms with E-state index in [1.165, 1.54) is 0 Å². The van der Waals surface area contributed by atoms with Crippen LogP contribution in [0, 0.1) is 13.8 Å². The quantitative estimate of drug-likeness (QED) is 0.740. The van der Waals surface area contributed by atoms with Crippen LogP contribution in [0.15, 0.2) is 42.5 Å². The molecule has 0 aliphatic heterocycles. The van der Waals surface area contributed by atoms with E-state index in [1.54, 1.807) is 30.3 Å². The number of aryl methyl sites for hydroxylation is 2. The lowest BCUT2D eigenvalue weighted by molar-refractivity contribution is 0.0732. The van der Waals surface area contributed by atoms with Gasteiger partial charge in [0, 0.05) is 5.69 Å². The maximum Gasteiger partial charge on any atom is 0.343 e. The van der Waals surface area contributed by atoms with E-state index in [0.717, 1.165) is 5.69 Å². The minimum Gasteiger partial charge on any atom is -0.421 e. The van der Waals surface area contributed by atoms with Crippen LogP contribution in [0.25, 0.3) is 0 Å². The zero-order valence-corrected chi connectivity index (χ0v) is 9.81. The third-order valence-corrected chi connectivity index (χ3v) is 2.39. The van der Waals surface area contributed by atoms with E-state index in [1.807, 2.05) is 26.0 Å². The molecule has 1 aromatic carbocycles. The maximum atomic E-state index is 11.8. The lowest BCUT2D eigenvalue weighted by atomic mass is 10.2. The standard InChI is InChI=1S/C14H13NO2/c1-10-8-9-13(11(2)15-10)17-14(16)12-6-4-3-5-7-12/h3-9H,1-2H3. The largest absolute Gasteiger partial charge is 0.421 e. The van der Waals surface area contributed by atoms with Gasteiger partial charge in [-0.25, -0.2) is 4.79 Å². The van der Waals surface area contributed by atoms with Crippen LogP contribution in [-0.2, 0) is 0 Å². The molecule has 0 aliphatic rings. The van der Waals surface area contributed by atoms with Crippen molar-refractivity contribution in [3.8, 4) is 5.75 Å². The summed E-state index contributed by atoms with van der Waals surface area (Å²) in [7, 11) is 0. The zero-order chi connectivity index (χ0) is 12.3. The molecule has 1 heterocycles. The van der Waals surface area contributed by atoms with Gasteiger partial charge in [-0.3, -0.25) is 4.98 Å². The van der Waals surface area contributed by atoms with Gasteiger partial charge >= 0.3 is 5.97 Å². The summed E-state index contributed by atoms with van der Waals surface area (Å²) in [6.45, 7) is 3.72. The fourth-order valence-corrected chi connectivity index (χ4v) is 1.51. The average Bonchev–Trinajstić information content (AvgIpc) is 2.34. The monoisotopic (exact) mass is 227 g/mol. The van der Waals surface area contributed by atoms with Gasteiger partial charge < -0.3 is 4.74 Å². The molecule has 0 N–H and O–H groups in total. The lowest BCUT2D eigenvalue weighted by Crippen LogP contribution is -2.09. The minimum absolute atomic E-state index is 0.362. The molecular weight excluding hydrogens is 214 g/mol. The zero-order valence-electron chi connectivity index (χ0n) is 9.81. The van der Waals surface area contributed by atoms with Crippen LogP contribution >= 0.6 is 0 Å². The Kier molecular flexibility index (Phi) is 3.19. The Morgan fingerprint density at radius 1 is 1.06 bits per heavy atom. The summed E-state index contributed by atoms with van der Waals surface area (Å²) < 4.78 is 5.28. The van der Waals surface area contributed by atoms with Gasteiger partial charge in [0.25, 0.3) is 0 Å². The number of ether oxygens (including phenoxy) is 1. The van der Waals surface area contributed by atoms with Crippen molar-refractivity contribution in [2.45, 2.75) is 13.8 Å². The Balaban J connectivity index is 2.19. The summed E-state index contributed by atoms with van der Waals surface area (Å²) in [5.41, 5.74) is 2.16. The van der Waals surface area contributed by atoms with Gasteiger partial charge in [-0.2, -0.15) is 0 Å². The van der Waals surface area contributed by atoms with Gasteiger partial charge in [-0.15, -0.1) is 0 Å². The fourth-order valence-electron chi connectivity index (χ4n) is 1.51. The molecule has 1 aromatic heterocycles. The number of aromatic nitrogens is 1. The molecule has 0 unspecified atom stereocenters. The molecule has 3 nitrogen and oxygen atoms in total. The summed E-state index contributed by atoms with van der Waals surface area (Å²) in [5, 5.41) is 0. The van der Waals surface area contributed by atoms with Crippen molar-refractivity contribution >= 4 is 5.97 Å². The molecular formula is C14H13NO2. The highest BCUT2D eigenvalue weighted by Crippen LogP contribution is 2.17. The highest BCUT2D eigenvalue weighted by Gasteiger charge is 2.09. The lowest BCUT2D eigenvalue weighted by Gasteiger charge is -2.07. The summed E-state index contributed by atoms with van der Waals surface area (Å²) in [5.74, 6) is 0.142. The number of nitrogens with zero attached hydrogens (tertiary/aromatic N) is 1. The molecule has 0 amide bonds. The number of carbonyl (C=O) groups excluding carboxylic acids is 1. The summed E-state index contributed by atoms with van der Waals surface area (Å²) in [6, 6.07) is 12.5. The number of rotatable bonds is 2. The van der Waals surface area contributed by atoms with Gasteiger partial charge in [0.05, 0.1) is 11.3 Å². The second kappa shape index (κ2) is 4.78. The predicted octanol–water partition coefficient (Wildman–Crippen LogP) is 2.92. The van der Waals surface area contributed by atoms with Gasteiger partial charge in [0.2, 0.25) is 0 Å². The second-order valence-electron chi connectivity index (χ2n) is 3.79. The first kappa shape index (κ1) is 11.3. The number of pyridine rings is 1. The van der Waals surface area contributed by atoms with E-state index in [2.05, 4.69) is 4.98 Å². The molecule has 17 heavy (non-hydrogen) atoms. The minimum atomic E-state index is -0.362. The van der Waals surface area contributed by atoms with Crippen LogP contribution in [-0.4, -0.2) is 11.0 Å². The Labute approximate surface area is 100 Å². The molecule has 0 atom stereocenters. The molecule has 0 saturated heterocycles. The van der Waals surface area contributed by atoms with E-state index in [0.29, 0.717) is 17.0 Å².